The number of morpholine rings is 1. The van der Waals surface area contributed by atoms with Crippen molar-refractivity contribution in [3.8, 4) is 0 Å². The predicted octanol–water partition coefficient (Wildman–Crippen LogP) is 2.24. The molecule has 1 fully saturated rings. The molecule has 0 unspecified atom stereocenters. The van der Waals surface area contributed by atoms with Crippen molar-refractivity contribution in [3.63, 3.8) is 0 Å². The van der Waals surface area contributed by atoms with Crippen LogP contribution >= 0.6 is 11.3 Å². The molecule has 0 atom stereocenters. The van der Waals surface area contributed by atoms with Crippen LogP contribution in [0.2, 0.25) is 0 Å². The van der Waals surface area contributed by atoms with Gasteiger partial charge in [0.25, 0.3) is 0 Å². The van der Waals surface area contributed by atoms with Gasteiger partial charge in [0, 0.05) is 19.6 Å². The fourth-order valence-electron chi connectivity index (χ4n) is 1.73. The van der Waals surface area contributed by atoms with Crippen molar-refractivity contribution in [3.05, 3.63) is 22.4 Å². The molecular formula is C12H18N2OS. The molecule has 1 aliphatic heterocycles. The highest BCUT2D eigenvalue weighted by Gasteiger charge is 2.16. The summed E-state index contributed by atoms with van der Waals surface area (Å²) in [6.07, 6.45) is 1.10. The summed E-state index contributed by atoms with van der Waals surface area (Å²) in [5.74, 6) is 1.15. The maximum absolute atomic E-state index is 5.38. The van der Waals surface area contributed by atoms with Crippen LogP contribution in [-0.4, -0.2) is 43.6 Å². The Labute approximate surface area is 101 Å². The molecular weight excluding hydrogens is 220 g/mol. The van der Waals surface area contributed by atoms with E-state index in [1.165, 1.54) is 4.88 Å². The van der Waals surface area contributed by atoms with Crippen LogP contribution < -0.4 is 0 Å². The second kappa shape index (κ2) is 6.01. The topological polar surface area (TPSA) is 24.8 Å². The first kappa shape index (κ1) is 11.6. The van der Waals surface area contributed by atoms with Crippen molar-refractivity contribution in [1.29, 1.82) is 0 Å². The first-order valence-electron chi connectivity index (χ1n) is 5.83. The highest BCUT2D eigenvalue weighted by Crippen LogP contribution is 2.14. The van der Waals surface area contributed by atoms with Gasteiger partial charge in [-0.2, -0.15) is 0 Å². The van der Waals surface area contributed by atoms with Gasteiger partial charge in [-0.05, 0) is 17.9 Å². The number of ether oxygens (including phenoxy) is 1. The lowest BCUT2D eigenvalue weighted by Gasteiger charge is -2.29. The minimum Gasteiger partial charge on any atom is -0.378 e. The summed E-state index contributed by atoms with van der Waals surface area (Å²) in [6, 6.07) is 4.23. The van der Waals surface area contributed by atoms with Crippen molar-refractivity contribution in [2.45, 2.75) is 13.3 Å². The van der Waals surface area contributed by atoms with E-state index in [4.69, 9.17) is 9.73 Å². The second-order valence-electron chi connectivity index (χ2n) is 3.78. The fraction of sp³-hybridized carbons (Fsp3) is 0.583. The number of rotatable bonds is 3. The summed E-state index contributed by atoms with van der Waals surface area (Å²) < 4.78 is 5.38. The van der Waals surface area contributed by atoms with Crippen LogP contribution in [0.4, 0.5) is 0 Å². The zero-order chi connectivity index (χ0) is 11.2. The third kappa shape index (κ3) is 2.83. The van der Waals surface area contributed by atoms with Crippen molar-refractivity contribution in [2.24, 2.45) is 4.99 Å². The SMILES string of the molecule is CCCN=C(c1cccs1)N1CCOCC1. The highest BCUT2D eigenvalue weighted by molar-refractivity contribution is 7.12. The quantitative estimate of drug-likeness (QED) is 0.596. The Morgan fingerprint density at radius 1 is 1.50 bits per heavy atom. The second-order valence-corrected chi connectivity index (χ2v) is 4.73. The Morgan fingerprint density at radius 3 is 2.94 bits per heavy atom. The zero-order valence-electron chi connectivity index (χ0n) is 9.69. The van der Waals surface area contributed by atoms with Gasteiger partial charge in [-0.25, -0.2) is 0 Å². The molecule has 1 aromatic heterocycles. The average Bonchev–Trinajstić information content (AvgIpc) is 2.85. The molecule has 0 saturated carbocycles. The summed E-state index contributed by atoms with van der Waals surface area (Å²) in [6.45, 7) is 6.62. The molecule has 0 aliphatic carbocycles. The third-order valence-electron chi connectivity index (χ3n) is 2.54. The molecule has 16 heavy (non-hydrogen) atoms. The number of hydrogen-bond acceptors (Lipinski definition) is 3. The van der Waals surface area contributed by atoms with Crippen molar-refractivity contribution < 1.29 is 4.74 Å². The van der Waals surface area contributed by atoms with Gasteiger partial charge in [0.05, 0.1) is 18.1 Å². The number of thiophene rings is 1. The maximum Gasteiger partial charge on any atom is 0.141 e. The zero-order valence-corrected chi connectivity index (χ0v) is 10.5. The number of hydrogen-bond donors (Lipinski definition) is 0. The Morgan fingerprint density at radius 2 is 2.31 bits per heavy atom. The molecule has 2 heterocycles. The average molecular weight is 238 g/mol. The molecule has 0 amide bonds. The monoisotopic (exact) mass is 238 g/mol. The van der Waals surface area contributed by atoms with Gasteiger partial charge in [0.2, 0.25) is 0 Å². The number of aliphatic imine (C=N–C) groups is 1. The van der Waals surface area contributed by atoms with Crippen LogP contribution in [-0.2, 0) is 4.74 Å². The van der Waals surface area contributed by atoms with Crippen molar-refractivity contribution in [2.75, 3.05) is 32.8 Å². The van der Waals surface area contributed by atoms with E-state index < -0.39 is 0 Å². The van der Waals surface area contributed by atoms with Gasteiger partial charge in [-0.15, -0.1) is 11.3 Å². The lowest BCUT2D eigenvalue weighted by molar-refractivity contribution is 0.0682. The summed E-state index contributed by atoms with van der Waals surface area (Å²) in [5.41, 5.74) is 0. The van der Waals surface area contributed by atoms with E-state index in [2.05, 4.69) is 29.3 Å². The largest absolute Gasteiger partial charge is 0.378 e. The van der Waals surface area contributed by atoms with Gasteiger partial charge in [-0.3, -0.25) is 4.99 Å². The predicted molar refractivity (Wildman–Crippen MR) is 68.4 cm³/mol. The number of nitrogens with zero attached hydrogens (tertiary/aromatic N) is 2. The molecule has 4 heteroatoms. The van der Waals surface area contributed by atoms with E-state index in [1.807, 2.05) is 0 Å². The van der Waals surface area contributed by atoms with Crippen LogP contribution in [0.3, 0.4) is 0 Å². The molecule has 2 rings (SSSR count). The molecule has 0 radical (unpaired) electrons. The van der Waals surface area contributed by atoms with Crippen LogP contribution in [0.5, 0.6) is 0 Å². The van der Waals surface area contributed by atoms with Gasteiger partial charge in [0.15, 0.2) is 0 Å². The van der Waals surface area contributed by atoms with Gasteiger partial charge < -0.3 is 9.64 Å². The van der Waals surface area contributed by atoms with Crippen LogP contribution in [0.1, 0.15) is 18.2 Å². The van der Waals surface area contributed by atoms with Gasteiger partial charge in [0.1, 0.15) is 5.84 Å². The molecule has 1 aliphatic rings. The summed E-state index contributed by atoms with van der Waals surface area (Å²) in [5, 5.41) is 2.11. The Kier molecular flexibility index (Phi) is 4.36. The molecule has 0 N–H and O–H groups in total. The first-order valence-corrected chi connectivity index (χ1v) is 6.71. The highest BCUT2D eigenvalue weighted by atomic mass is 32.1. The van der Waals surface area contributed by atoms with Crippen molar-refractivity contribution >= 4 is 17.2 Å². The van der Waals surface area contributed by atoms with Crippen molar-refractivity contribution in [1.82, 2.24) is 4.90 Å². The smallest absolute Gasteiger partial charge is 0.141 e. The summed E-state index contributed by atoms with van der Waals surface area (Å²) in [4.78, 5) is 8.32. The number of amidine groups is 1. The normalized spacial score (nSPS) is 17.8. The van der Waals surface area contributed by atoms with Crippen LogP contribution in [0, 0.1) is 0 Å². The molecule has 0 spiro atoms. The molecule has 1 aromatic rings. The molecule has 1 saturated heterocycles. The van der Waals surface area contributed by atoms with Crippen LogP contribution in [0.15, 0.2) is 22.5 Å². The Hall–Kier alpha value is -0.870. The molecule has 88 valence electrons. The molecule has 3 nitrogen and oxygen atoms in total. The third-order valence-corrected chi connectivity index (χ3v) is 3.40. The van der Waals surface area contributed by atoms with E-state index in [1.54, 1.807) is 11.3 Å². The summed E-state index contributed by atoms with van der Waals surface area (Å²) in [7, 11) is 0. The molecule has 0 bridgehead atoms. The summed E-state index contributed by atoms with van der Waals surface area (Å²) >= 11 is 1.76. The first-order chi connectivity index (χ1) is 7.92. The fourth-order valence-corrected chi connectivity index (χ4v) is 2.49. The van der Waals surface area contributed by atoms with Gasteiger partial charge in [-0.1, -0.05) is 13.0 Å². The Balaban J connectivity index is 2.13. The lowest BCUT2D eigenvalue weighted by Crippen LogP contribution is -2.41. The maximum atomic E-state index is 5.38. The van der Waals surface area contributed by atoms with E-state index in [0.29, 0.717) is 0 Å². The van der Waals surface area contributed by atoms with E-state index >= 15 is 0 Å². The molecule has 0 aromatic carbocycles. The Bertz CT molecular complexity index is 329. The van der Waals surface area contributed by atoms with E-state index in [-0.39, 0.29) is 0 Å². The van der Waals surface area contributed by atoms with Gasteiger partial charge >= 0.3 is 0 Å². The minimum atomic E-state index is 0.816. The standard InChI is InChI=1S/C12H18N2OS/c1-2-5-13-12(11-4-3-10-16-11)14-6-8-15-9-7-14/h3-4,10H,2,5-9H2,1H3. The lowest BCUT2D eigenvalue weighted by atomic mass is 10.3. The van der Waals surface area contributed by atoms with Crippen LogP contribution in [0.25, 0.3) is 0 Å². The van der Waals surface area contributed by atoms with E-state index in [0.717, 1.165) is 45.1 Å². The minimum absolute atomic E-state index is 0.816. The van der Waals surface area contributed by atoms with E-state index in [9.17, 15) is 0 Å².